The molecule has 0 aliphatic rings. The Labute approximate surface area is 143 Å². The van der Waals surface area contributed by atoms with Gasteiger partial charge in [0, 0.05) is 30.4 Å². The van der Waals surface area contributed by atoms with Crippen LogP contribution in [0.25, 0.3) is 16.9 Å². The lowest BCUT2D eigenvalue weighted by molar-refractivity contribution is 0.102. The molecule has 4 aromatic rings. The van der Waals surface area contributed by atoms with E-state index in [1.54, 1.807) is 35.7 Å². The number of nitrogens with zero attached hydrogens (tertiary/aromatic N) is 4. The molecule has 122 valence electrons. The fourth-order valence-electron chi connectivity index (χ4n) is 2.49. The van der Waals surface area contributed by atoms with Crippen LogP contribution in [0.5, 0.6) is 0 Å². The average Bonchev–Trinajstić information content (AvgIpc) is 3.33. The molecule has 3 heterocycles. The van der Waals surface area contributed by atoms with E-state index < -0.39 is 0 Å². The molecule has 0 saturated heterocycles. The second-order valence-electron chi connectivity index (χ2n) is 5.35. The van der Waals surface area contributed by atoms with Crippen LogP contribution < -0.4 is 5.32 Å². The molecule has 3 aromatic heterocycles. The number of aromatic amines is 1. The lowest BCUT2D eigenvalue weighted by Gasteiger charge is -2.02. The van der Waals surface area contributed by atoms with Crippen molar-refractivity contribution in [3.05, 3.63) is 79.0 Å². The largest absolute Gasteiger partial charge is 0.319 e. The number of rotatable bonds is 4. The predicted octanol–water partition coefficient (Wildman–Crippen LogP) is 2.91. The summed E-state index contributed by atoms with van der Waals surface area (Å²) >= 11 is 0. The van der Waals surface area contributed by atoms with Crippen molar-refractivity contribution in [1.82, 2.24) is 25.0 Å². The molecule has 1 aromatic carbocycles. The van der Waals surface area contributed by atoms with E-state index in [1.807, 2.05) is 42.5 Å². The van der Waals surface area contributed by atoms with Crippen LogP contribution in [0.4, 0.5) is 5.69 Å². The van der Waals surface area contributed by atoms with Gasteiger partial charge in [0.1, 0.15) is 5.69 Å². The van der Waals surface area contributed by atoms with Crippen molar-refractivity contribution in [3.8, 4) is 16.9 Å². The van der Waals surface area contributed by atoms with Crippen molar-refractivity contribution in [2.45, 2.75) is 0 Å². The van der Waals surface area contributed by atoms with Gasteiger partial charge in [-0.05, 0) is 24.3 Å². The average molecular weight is 330 g/mol. The van der Waals surface area contributed by atoms with Gasteiger partial charge >= 0.3 is 0 Å². The monoisotopic (exact) mass is 330 g/mol. The molecule has 7 heteroatoms. The van der Waals surface area contributed by atoms with Crippen LogP contribution in [0.2, 0.25) is 0 Å². The molecule has 7 nitrogen and oxygen atoms in total. The summed E-state index contributed by atoms with van der Waals surface area (Å²) in [5.74, 6) is -0.262. The first kappa shape index (κ1) is 14.8. The third kappa shape index (κ3) is 3.02. The summed E-state index contributed by atoms with van der Waals surface area (Å²) in [6.45, 7) is 0. The van der Waals surface area contributed by atoms with Crippen molar-refractivity contribution in [1.29, 1.82) is 0 Å². The van der Waals surface area contributed by atoms with Crippen LogP contribution in [-0.4, -0.2) is 30.9 Å². The lowest BCUT2D eigenvalue weighted by Crippen LogP contribution is -2.11. The Morgan fingerprint density at radius 1 is 1.08 bits per heavy atom. The molecule has 0 atom stereocenters. The maximum atomic E-state index is 12.7. The number of amides is 1. The highest BCUT2D eigenvalue weighted by Crippen LogP contribution is 2.24. The van der Waals surface area contributed by atoms with Gasteiger partial charge in [0.2, 0.25) is 0 Å². The van der Waals surface area contributed by atoms with Crippen LogP contribution in [0.1, 0.15) is 10.4 Å². The SMILES string of the molecule is O=C(Nc1cn[nH]c1)c1cn(-c2ccccc2)nc1-c1cccnc1. The van der Waals surface area contributed by atoms with Gasteiger partial charge in [0.25, 0.3) is 5.91 Å². The number of benzene rings is 1. The number of hydrogen-bond acceptors (Lipinski definition) is 4. The van der Waals surface area contributed by atoms with E-state index in [0.717, 1.165) is 11.3 Å². The molecular formula is C18H14N6O. The Kier molecular flexibility index (Phi) is 3.80. The molecule has 0 spiro atoms. The fourth-order valence-corrected chi connectivity index (χ4v) is 2.49. The van der Waals surface area contributed by atoms with E-state index in [4.69, 9.17) is 0 Å². The predicted molar refractivity (Wildman–Crippen MR) is 93.3 cm³/mol. The maximum Gasteiger partial charge on any atom is 0.259 e. The summed E-state index contributed by atoms with van der Waals surface area (Å²) in [6, 6.07) is 13.3. The van der Waals surface area contributed by atoms with Crippen molar-refractivity contribution in [3.63, 3.8) is 0 Å². The Morgan fingerprint density at radius 3 is 2.68 bits per heavy atom. The number of carbonyl (C=O) groups excluding carboxylic acids is 1. The number of nitrogens with one attached hydrogen (secondary N) is 2. The molecular weight excluding hydrogens is 316 g/mol. The van der Waals surface area contributed by atoms with Gasteiger partial charge in [-0.2, -0.15) is 10.2 Å². The van der Waals surface area contributed by atoms with Crippen LogP contribution >= 0.6 is 0 Å². The van der Waals surface area contributed by atoms with Crippen LogP contribution in [0.3, 0.4) is 0 Å². The normalized spacial score (nSPS) is 10.6. The molecule has 0 fully saturated rings. The topological polar surface area (TPSA) is 88.5 Å². The number of H-pyrrole nitrogens is 1. The van der Waals surface area contributed by atoms with E-state index in [-0.39, 0.29) is 5.91 Å². The highest BCUT2D eigenvalue weighted by molar-refractivity contribution is 6.07. The molecule has 4 rings (SSSR count). The molecule has 0 bridgehead atoms. The minimum Gasteiger partial charge on any atom is -0.319 e. The molecule has 0 aliphatic heterocycles. The minimum atomic E-state index is -0.262. The molecule has 25 heavy (non-hydrogen) atoms. The summed E-state index contributed by atoms with van der Waals surface area (Å²) in [6.07, 6.45) is 8.24. The van der Waals surface area contributed by atoms with Crippen LogP contribution in [-0.2, 0) is 0 Å². The van der Waals surface area contributed by atoms with Gasteiger partial charge in [-0.25, -0.2) is 4.68 Å². The Morgan fingerprint density at radius 2 is 1.96 bits per heavy atom. The number of anilines is 1. The van der Waals surface area contributed by atoms with E-state index in [2.05, 4.69) is 25.6 Å². The second kappa shape index (κ2) is 6.40. The first-order valence-electron chi connectivity index (χ1n) is 7.67. The maximum absolute atomic E-state index is 12.7. The van der Waals surface area contributed by atoms with Crippen molar-refractivity contribution in [2.24, 2.45) is 0 Å². The number of pyridine rings is 1. The zero-order valence-electron chi connectivity index (χ0n) is 13.1. The first-order valence-corrected chi connectivity index (χ1v) is 7.67. The zero-order valence-corrected chi connectivity index (χ0v) is 13.1. The van der Waals surface area contributed by atoms with E-state index >= 15 is 0 Å². The van der Waals surface area contributed by atoms with Gasteiger partial charge in [0.15, 0.2) is 0 Å². The van der Waals surface area contributed by atoms with Gasteiger partial charge in [-0.3, -0.25) is 14.9 Å². The number of hydrogen-bond donors (Lipinski definition) is 2. The summed E-state index contributed by atoms with van der Waals surface area (Å²) < 4.78 is 1.69. The highest BCUT2D eigenvalue weighted by atomic mass is 16.1. The molecule has 0 saturated carbocycles. The third-order valence-corrected chi connectivity index (χ3v) is 3.67. The molecule has 1 amide bonds. The zero-order chi connectivity index (χ0) is 17.1. The Hall–Kier alpha value is -3.74. The highest BCUT2D eigenvalue weighted by Gasteiger charge is 2.19. The fraction of sp³-hybridized carbons (Fsp3) is 0. The smallest absolute Gasteiger partial charge is 0.259 e. The van der Waals surface area contributed by atoms with E-state index in [1.165, 1.54) is 0 Å². The Balaban J connectivity index is 1.78. The van der Waals surface area contributed by atoms with E-state index in [9.17, 15) is 4.79 Å². The number of aromatic nitrogens is 5. The van der Waals surface area contributed by atoms with Gasteiger partial charge < -0.3 is 5.32 Å². The summed E-state index contributed by atoms with van der Waals surface area (Å²) in [4.78, 5) is 16.8. The van der Waals surface area contributed by atoms with Crippen molar-refractivity contribution >= 4 is 11.6 Å². The van der Waals surface area contributed by atoms with Gasteiger partial charge in [-0.15, -0.1) is 0 Å². The number of carbonyl (C=O) groups is 1. The van der Waals surface area contributed by atoms with Gasteiger partial charge in [-0.1, -0.05) is 18.2 Å². The van der Waals surface area contributed by atoms with Crippen LogP contribution in [0, 0.1) is 0 Å². The molecule has 0 aliphatic carbocycles. The lowest BCUT2D eigenvalue weighted by atomic mass is 10.1. The summed E-state index contributed by atoms with van der Waals surface area (Å²) in [5, 5.41) is 13.9. The number of para-hydroxylation sites is 1. The first-order chi connectivity index (χ1) is 12.3. The molecule has 0 radical (unpaired) electrons. The van der Waals surface area contributed by atoms with Gasteiger partial charge in [0.05, 0.1) is 23.1 Å². The molecule has 0 unspecified atom stereocenters. The third-order valence-electron chi connectivity index (χ3n) is 3.67. The Bertz CT molecular complexity index is 977. The second-order valence-corrected chi connectivity index (χ2v) is 5.35. The molecule has 2 N–H and O–H groups in total. The summed E-state index contributed by atoms with van der Waals surface area (Å²) in [7, 11) is 0. The summed E-state index contributed by atoms with van der Waals surface area (Å²) in [5.41, 5.74) is 3.26. The van der Waals surface area contributed by atoms with E-state index in [0.29, 0.717) is 16.9 Å². The van der Waals surface area contributed by atoms with Crippen molar-refractivity contribution < 1.29 is 4.79 Å². The van der Waals surface area contributed by atoms with Crippen LogP contribution in [0.15, 0.2) is 73.4 Å². The van der Waals surface area contributed by atoms with Crippen molar-refractivity contribution in [2.75, 3.05) is 5.32 Å². The minimum absolute atomic E-state index is 0.262. The quantitative estimate of drug-likeness (QED) is 0.602. The standard InChI is InChI=1S/C18H14N6O/c25-18(22-14-10-20-21-11-14)16-12-24(15-6-2-1-3-7-15)23-17(16)13-5-4-8-19-9-13/h1-12H,(H,20,21)(H,22,25).